The first-order chi connectivity index (χ1) is 8.03. The highest BCUT2D eigenvalue weighted by Crippen LogP contribution is 2.17. The molecule has 1 atom stereocenters. The minimum atomic E-state index is -0.750. The van der Waals surface area contributed by atoms with Crippen LogP contribution in [0.1, 0.15) is 33.6 Å². The normalized spacial score (nSPS) is 25.0. The van der Waals surface area contributed by atoms with Crippen molar-refractivity contribution in [2.24, 2.45) is 0 Å². The summed E-state index contributed by atoms with van der Waals surface area (Å²) in [5, 5.41) is 2.75. The van der Waals surface area contributed by atoms with Crippen LogP contribution in [0.2, 0.25) is 0 Å². The number of carbonyl (C=O) groups is 2. The third-order valence-electron chi connectivity index (χ3n) is 3.07. The molecule has 0 aromatic heterocycles. The lowest BCUT2D eigenvalue weighted by Gasteiger charge is -2.39. The van der Waals surface area contributed by atoms with E-state index in [-0.39, 0.29) is 18.4 Å². The van der Waals surface area contributed by atoms with E-state index in [2.05, 4.69) is 5.32 Å². The minimum absolute atomic E-state index is 0.0142. The van der Waals surface area contributed by atoms with Crippen molar-refractivity contribution in [2.45, 2.75) is 39.2 Å². The maximum Gasteiger partial charge on any atom is 0.248 e. The Balaban J connectivity index is 2.53. The van der Waals surface area contributed by atoms with Gasteiger partial charge < -0.3 is 15.0 Å². The molecular formula is C12H22N2O3. The lowest BCUT2D eigenvalue weighted by Crippen LogP contribution is -2.65. The zero-order valence-electron chi connectivity index (χ0n) is 10.9. The first-order valence-corrected chi connectivity index (χ1v) is 6.21. The van der Waals surface area contributed by atoms with Crippen LogP contribution in [-0.4, -0.2) is 48.6 Å². The molecule has 1 fully saturated rings. The lowest BCUT2D eigenvalue weighted by molar-refractivity contribution is -0.150. The highest BCUT2D eigenvalue weighted by Gasteiger charge is 2.41. The van der Waals surface area contributed by atoms with E-state index in [0.717, 1.165) is 6.42 Å². The van der Waals surface area contributed by atoms with Gasteiger partial charge in [-0.1, -0.05) is 13.8 Å². The molecule has 1 rings (SSSR count). The van der Waals surface area contributed by atoms with E-state index < -0.39 is 5.54 Å². The fourth-order valence-corrected chi connectivity index (χ4v) is 1.84. The SMILES string of the molecule is CCCOCCN1CC(=O)NC(C)(CC)C1=O. The van der Waals surface area contributed by atoms with Gasteiger partial charge in [-0.3, -0.25) is 9.59 Å². The zero-order chi connectivity index (χ0) is 12.9. The van der Waals surface area contributed by atoms with Crippen molar-refractivity contribution in [1.29, 1.82) is 0 Å². The van der Waals surface area contributed by atoms with Gasteiger partial charge in [-0.2, -0.15) is 0 Å². The molecule has 1 saturated heterocycles. The summed E-state index contributed by atoms with van der Waals surface area (Å²) in [7, 11) is 0. The van der Waals surface area contributed by atoms with Gasteiger partial charge in [0.25, 0.3) is 0 Å². The first-order valence-electron chi connectivity index (χ1n) is 6.21. The van der Waals surface area contributed by atoms with Crippen molar-refractivity contribution in [1.82, 2.24) is 10.2 Å². The van der Waals surface area contributed by atoms with Gasteiger partial charge in [0.1, 0.15) is 5.54 Å². The van der Waals surface area contributed by atoms with Crippen LogP contribution in [0.15, 0.2) is 0 Å². The fraction of sp³-hybridized carbons (Fsp3) is 0.833. The number of rotatable bonds is 6. The molecule has 0 spiro atoms. The van der Waals surface area contributed by atoms with Crippen LogP contribution in [0.5, 0.6) is 0 Å². The smallest absolute Gasteiger partial charge is 0.248 e. The van der Waals surface area contributed by atoms with E-state index in [1.165, 1.54) is 0 Å². The van der Waals surface area contributed by atoms with Crippen LogP contribution in [-0.2, 0) is 14.3 Å². The third-order valence-corrected chi connectivity index (χ3v) is 3.07. The molecule has 17 heavy (non-hydrogen) atoms. The standard InChI is InChI=1S/C12H22N2O3/c1-4-7-17-8-6-14-9-10(15)13-12(3,5-2)11(14)16/h4-9H2,1-3H3,(H,13,15). The lowest BCUT2D eigenvalue weighted by atomic mass is 9.94. The van der Waals surface area contributed by atoms with Crippen molar-refractivity contribution in [2.75, 3.05) is 26.3 Å². The highest BCUT2D eigenvalue weighted by molar-refractivity contribution is 5.97. The Bertz CT molecular complexity index is 293. The Morgan fingerprint density at radius 2 is 2.06 bits per heavy atom. The first kappa shape index (κ1) is 14.0. The third kappa shape index (κ3) is 3.43. The summed E-state index contributed by atoms with van der Waals surface area (Å²) in [4.78, 5) is 25.3. The molecule has 0 aliphatic carbocycles. The van der Waals surface area contributed by atoms with Crippen molar-refractivity contribution in [3.05, 3.63) is 0 Å². The van der Waals surface area contributed by atoms with Crippen LogP contribution in [0, 0.1) is 0 Å². The summed E-state index contributed by atoms with van der Waals surface area (Å²) in [5.41, 5.74) is -0.750. The van der Waals surface area contributed by atoms with E-state index in [4.69, 9.17) is 4.74 Å². The summed E-state index contributed by atoms with van der Waals surface area (Å²) in [6.45, 7) is 7.52. The molecule has 98 valence electrons. The molecule has 0 saturated carbocycles. The van der Waals surface area contributed by atoms with Crippen molar-refractivity contribution < 1.29 is 14.3 Å². The second kappa shape index (κ2) is 6.00. The quantitative estimate of drug-likeness (QED) is 0.692. The molecule has 0 bridgehead atoms. The van der Waals surface area contributed by atoms with Gasteiger partial charge in [0, 0.05) is 13.2 Å². The number of hydrogen-bond donors (Lipinski definition) is 1. The van der Waals surface area contributed by atoms with E-state index in [1.807, 2.05) is 13.8 Å². The molecule has 1 aliphatic rings. The Hall–Kier alpha value is -1.10. The number of hydrogen-bond acceptors (Lipinski definition) is 3. The highest BCUT2D eigenvalue weighted by atomic mass is 16.5. The van der Waals surface area contributed by atoms with Crippen molar-refractivity contribution in [3.63, 3.8) is 0 Å². The molecule has 5 heteroatoms. The van der Waals surface area contributed by atoms with Crippen LogP contribution in [0.3, 0.4) is 0 Å². The van der Waals surface area contributed by atoms with E-state index in [1.54, 1.807) is 11.8 Å². The summed E-state index contributed by atoms with van der Waals surface area (Å²) in [6.07, 6.45) is 1.56. The molecule has 0 aromatic rings. The molecule has 1 aliphatic heterocycles. The van der Waals surface area contributed by atoms with E-state index in [0.29, 0.717) is 26.2 Å². The Morgan fingerprint density at radius 1 is 1.35 bits per heavy atom. The average molecular weight is 242 g/mol. The van der Waals surface area contributed by atoms with Crippen molar-refractivity contribution in [3.8, 4) is 0 Å². The monoisotopic (exact) mass is 242 g/mol. The second-order valence-corrected chi connectivity index (χ2v) is 4.57. The number of carbonyl (C=O) groups excluding carboxylic acids is 2. The Labute approximate surface area is 102 Å². The number of piperazine rings is 1. The summed E-state index contributed by atoms with van der Waals surface area (Å²) < 4.78 is 5.35. The molecule has 1 N–H and O–H groups in total. The number of nitrogens with one attached hydrogen (secondary N) is 1. The van der Waals surface area contributed by atoms with Crippen LogP contribution in [0.4, 0.5) is 0 Å². The van der Waals surface area contributed by atoms with E-state index in [9.17, 15) is 9.59 Å². The topological polar surface area (TPSA) is 58.6 Å². The van der Waals surface area contributed by atoms with Gasteiger partial charge in [0.15, 0.2) is 0 Å². The molecule has 1 heterocycles. The summed E-state index contributed by atoms with van der Waals surface area (Å²) in [5.74, 6) is -0.107. The van der Waals surface area contributed by atoms with Gasteiger partial charge in [-0.15, -0.1) is 0 Å². The summed E-state index contributed by atoms with van der Waals surface area (Å²) in [6, 6.07) is 0. The molecule has 0 radical (unpaired) electrons. The van der Waals surface area contributed by atoms with Gasteiger partial charge in [0.05, 0.1) is 13.2 Å². The maximum atomic E-state index is 12.1. The van der Waals surface area contributed by atoms with E-state index >= 15 is 0 Å². The Morgan fingerprint density at radius 3 is 2.65 bits per heavy atom. The molecule has 1 unspecified atom stereocenters. The molecular weight excluding hydrogens is 220 g/mol. The zero-order valence-corrected chi connectivity index (χ0v) is 10.9. The van der Waals surface area contributed by atoms with Gasteiger partial charge in [-0.05, 0) is 19.8 Å². The minimum Gasteiger partial charge on any atom is -0.380 e. The second-order valence-electron chi connectivity index (χ2n) is 4.57. The molecule has 2 amide bonds. The van der Waals surface area contributed by atoms with Crippen LogP contribution >= 0.6 is 0 Å². The average Bonchev–Trinajstić information content (AvgIpc) is 2.30. The predicted octanol–water partition coefficient (Wildman–Crippen LogP) is 0.540. The van der Waals surface area contributed by atoms with Gasteiger partial charge in [-0.25, -0.2) is 0 Å². The fourth-order valence-electron chi connectivity index (χ4n) is 1.84. The van der Waals surface area contributed by atoms with Crippen LogP contribution < -0.4 is 5.32 Å². The molecule has 0 aromatic carbocycles. The molecule has 5 nitrogen and oxygen atoms in total. The maximum absolute atomic E-state index is 12.1. The van der Waals surface area contributed by atoms with Crippen molar-refractivity contribution >= 4 is 11.8 Å². The predicted molar refractivity (Wildman–Crippen MR) is 64.5 cm³/mol. The largest absolute Gasteiger partial charge is 0.380 e. The summed E-state index contributed by atoms with van der Waals surface area (Å²) >= 11 is 0. The van der Waals surface area contributed by atoms with Gasteiger partial charge >= 0.3 is 0 Å². The van der Waals surface area contributed by atoms with Gasteiger partial charge in [0.2, 0.25) is 11.8 Å². The number of ether oxygens (including phenoxy) is 1. The number of nitrogens with zero attached hydrogens (tertiary/aromatic N) is 1. The van der Waals surface area contributed by atoms with Crippen LogP contribution in [0.25, 0.3) is 0 Å². The Kier molecular flexibility index (Phi) is 4.93. The number of amides is 2.